The van der Waals surface area contributed by atoms with Crippen molar-refractivity contribution in [2.75, 3.05) is 0 Å². The van der Waals surface area contributed by atoms with Crippen molar-refractivity contribution in [3.63, 3.8) is 0 Å². The molecule has 0 bridgehead atoms. The average Bonchev–Trinajstić information content (AvgIpc) is 3.28. The van der Waals surface area contributed by atoms with Crippen molar-refractivity contribution in [3.05, 3.63) is 78.9 Å². The van der Waals surface area contributed by atoms with E-state index in [1.165, 1.54) is 23.5 Å². The topological polar surface area (TPSA) is 35.6 Å². The van der Waals surface area contributed by atoms with Gasteiger partial charge in [-0.3, -0.25) is 0 Å². The summed E-state index contributed by atoms with van der Waals surface area (Å²) in [4.78, 5) is 8.80. The Morgan fingerprint density at radius 3 is 2.87 bits per heavy atom. The van der Waals surface area contributed by atoms with E-state index in [4.69, 9.17) is 0 Å². The Labute approximate surface area is 136 Å². The van der Waals surface area contributed by atoms with E-state index in [-0.39, 0.29) is 0 Å². The fraction of sp³-hybridized carbons (Fsp3) is 0.263. The van der Waals surface area contributed by atoms with Gasteiger partial charge in [-0.15, -0.1) is 0 Å². The summed E-state index contributed by atoms with van der Waals surface area (Å²) in [6.45, 7) is 0.837. The van der Waals surface area contributed by atoms with Crippen LogP contribution in [0.25, 0.3) is 5.69 Å². The van der Waals surface area contributed by atoms with Gasteiger partial charge in [0.05, 0.1) is 18.6 Å². The number of hydrogen-bond donors (Lipinski definition) is 0. The Balaban J connectivity index is 1.65. The fourth-order valence-electron chi connectivity index (χ4n) is 3.32. The van der Waals surface area contributed by atoms with Crippen LogP contribution in [0.1, 0.15) is 36.6 Å². The molecule has 1 aliphatic carbocycles. The van der Waals surface area contributed by atoms with Gasteiger partial charge in [0.25, 0.3) is 0 Å². The number of para-hydroxylation sites is 1. The van der Waals surface area contributed by atoms with Crippen LogP contribution in [0.15, 0.2) is 67.5 Å². The first kappa shape index (κ1) is 14.0. The number of hydrogen-bond acceptors (Lipinski definition) is 2. The van der Waals surface area contributed by atoms with Crippen molar-refractivity contribution in [2.45, 2.75) is 31.7 Å². The number of nitrogens with zero attached hydrogens (tertiary/aromatic N) is 4. The molecule has 0 saturated heterocycles. The Kier molecular flexibility index (Phi) is 3.80. The van der Waals surface area contributed by atoms with E-state index in [0.717, 1.165) is 19.4 Å². The third-order valence-electron chi connectivity index (χ3n) is 4.50. The van der Waals surface area contributed by atoms with Gasteiger partial charge in [-0.05, 0) is 30.9 Å². The summed E-state index contributed by atoms with van der Waals surface area (Å²) in [6.07, 6.45) is 17.7. The lowest BCUT2D eigenvalue weighted by Crippen LogP contribution is -2.12. The van der Waals surface area contributed by atoms with Gasteiger partial charge in [0.1, 0.15) is 5.82 Å². The van der Waals surface area contributed by atoms with Crippen molar-refractivity contribution in [1.29, 1.82) is 0 Å². The van der Waals surface area contributed by atoms with Crippen LogP contribution in [-0.2, 0) is 6.54 Å². The Morgan fingerprint density at radius 1 is 1.09 bits per heavy atom. The van der Waals surface area contributed by atoms with Crippen LogP contribution in [-0.4, -0.2) is 19.1 Å². The van der Waals surface area contributed by atoms with Gasteiger partial charge in [-0.2, -0.15) is 0 Å². The molecule has 2 heterocycles. The highest BCUT2D eigenvalue weighted by molar-refractivity contribution is 5.41. The predicted octanol–water partition coefficient (Wildman–Crippen LogP) is 3.94. The third-order valence-corrected chi connectivity index (χ3v) is 4.50. The lowest BCUT2D eigenvalue weighted by Gasteiger charge is -2.20. The smallest absolute Gasteiger partial charge is 0.112 e. The van der Waals surface area contributed by atoms with Crippen molar-refractivity contribution < 1.29 is 0 Å². The van der Waals surface area contributed by atoms with Crippen molar-refractivity contribution >= 4 is 0 Å². The second-order valence-corrected chi connectivity index (χ2v) is 5.99. The molecule has 116 valence electrons. The number of benzene rings is 1. The van der Waals surface area contributed by atoms with Gasteiger partial charge in [-0.25, -0.2) is 9.97 Å². The zero-order valence-corrected chi connectivity index (χ0v) is 13.0. The maximum Gasteiger partial charge on any atom is 0.112 e. The van der Waals surface area contributed by atoms with Crippen LogP contribution in [0.5, 0.6) is 0 Å². The van der Waals surface area contributed by atoms with Gasteiger partial charge in [0.2, 0.25) is 0 Å². The highest BCUT2D eigenvalue weighted by Gasteiger charge is 2.18. The third kappa shape index (κ3) is 2.84. The molecular formula is C19H20N4. The van der Waals surface area contributed by atoms with E-state index in [1.807, 2.05) is 24.9 Å². The zero-order valence-electron chi connectivity index (χ0n) is 13.0. The molecule has 23 heavy (non-hydrogen) atoms. The molecular weight excluding hydrogens is 284 g/mol. The van der Waals surface area contributed by atoms with Crippen LogP contribution >= 0.6 is 0 Å². The minimum absolute atomic E-state index is 0.537. The predicted molar refractivity (Wildman–Crippen MR) is 90.6 cm³/mol. The van der Waals surface area contributed by atoms with Gasteiger partial charge in [0, 0.05) is 30.7 Å². The molecule has 0 saturated carbocycles. The molecule has 0 spiro atoms. The summed E-state index contributed by atoms with van der Waals surface area (Å²) in [5.41, 5.74) is 2.45. The summed E-state index contributed by atoms with van der Waals surface area (Å²) in [5, 5.41) is 0. The Hall–Kier alpha value is -2.62. The quantitative estimate of drug-likeness (QED) is 0.684. The summed E-state index contributed by atoms with van der Waals surface area (Å²) < 4.78 is 4.36. The number of allylic oxidation sites excluding steroid dienone is 2. The van der Waals surface area contributed by atoms with E-state index in [9.17, 15) is 0 Å². The molecule has 1 aromatic carbocycles. The molecule has 0 unspecified atom stereocenters. The maximum atomic E-state index is 4.64. The van der Waals surface area contributed by atoms with Crippen LogP contribution in [0.2, 0.25) is 0 Å². The van der Waals surface area contributed by atoms with E-state index in [1.54, 1.807) is 0 Å². The van der Waals surface area contributed by atoms with Gasteiger partial charge < -0.3 is 9.13 Å². The van der Waals surface area contributed by atoms with Crippen LogP contribution in [0.3, 0.4) is 0 Å². The van der Waals surface area contributed by atoms with Crippen molar-refractivity contribution in [2.24, 2.45) is 0 Å². The molecule has 0 N–H and O–H groups in total. The van der Waals surface area contributed by atoms with Gasteiger partial charge in [-0.1, -0.05) is 30.4 Å². The first-order valence-electron chi connectivity index (χ1n) is 8.14. The van der Waals surface area contributed by atoms with Crippen LogP contribution in [0.4, 0.5) is 0 Å². The first-order valence-corrected chi connectivity index (χ1v) is 8.14. The summed E-state index contributed by atoms with van der Waals surface area (Å²) in [7, 11) is 0. The number of rotatable bonds is 4. The maximum absolute atomic E-state index is 4.64. The molecule has 4 rings (SSSR count). The average molecular weight is 304 g/mol. The lowest BCUT2D eigenvalue weighted by molar-refractivity contribution is 0.550. The van der Waals surface area contributed by atoms with E-state index in [0.29, 0.717) is 5.92 Å². The molecule has 0 aliphatic heterocycles. The molecule has 0 radical (unpaired) electrons. The molecule has 4 heteroatoms. The minimum Gasteiger partial charge on any atom is -0.330 e. The first-order chi connectivity index (χ1) is 11.4. The zero-order chi connectivity index (χ0) is 15.5. The van der Waals surface area contributed by atoms with E-state index in [2.05, 4.69) is 61.7 Å². The molecule has 2 aromatic heterocycles. The normalized spacial score (nSPS) is 17.5. The number of imidazole rings is 2. The molecule has 1 aliphatic rings. The van der Waals surface area contributed by atoms with Gasteiger partial charge >= 0.3 is 0 Å². The summed E-state index contributed by atoms with van der Waals surface area (Å²) in [6, 6.07) is 8.48. The van der Waals surface area contributed by atoms with E-state index >= 15 is 0 Å². The molecule has 1 atom stereocenters. The molecule has 0 amide bonds. The standard InChI is InChI=1S/C19H20N4/c1-2-6-16(7-3-1)19-21-11-13-22(19)14-17-8-4-5-9-18(17)23-12-10-20-15-23/h1-2,4-5,8-13,15-16H,3,6-7,14H2/t16-/m0/s1. The Bertz CT molecular complexity index is 798. The van der Waals surface area contributed by atoms with Gasteiger partial charge in [0.15, 0.2) is 0 Å². The molecule has 0 fully saturated rings. The largest absolute Gasteiger partial charge is 0.330 e. The van der Waals surface area contributed by atoms with Crippen molar-refractivity contribution in [3.8, 4) is 5.69 Å². The van der Waals surface area contributed by atoms with Crippen molar-refractivity contribution in [1.82, 2.24) is 19.1 Å². The SMILES string of the molecule is C1=CC[C@H](c2nccn2Cc2ccccc2-n2ccnc2)CC1. The second-order valence-electron chi connectivity index (χ2n) is 5.99. The van der Waals surface area contributed by atoms with E-state index < -0.39 is 0 Å². The monoisotopic (exact) mass is 304 g/mol. The minimum atomic E-state index is 0.537. The molecule has 3 aromatic rings. The highest BCUT2D eigenvalue weighted by Crippen LogP contribution is 2.28. The molecule has 4 nitrogen and oxygen atoms in total. The number of aromatic nitrogens is 4. The Morgan fingerprint density at radius 2 is 2.04 bits per heavy atom. The van der Waals surface area contributed by atoms with Crippen LogP contribution in [0, 0.1) is 0 Å². The highest BCUT2D eigenvalue weighted by atomic mass is 15.1. The summed E-state index contributed by atoms with van der Waals surface area (Å²) >= 11 is 0. The lowest BCUT2D eigenvalue weighted by atomic mass is 9.93. The van der Waals surface area contributed by atoms with Crippen LogP contribution < -0.4 is 0 Å². The fourth-order valence-corrected chi connectivity index (χ4v) is 3.32. The second kappa shape index (κ2) is 6.24. The summed E-state index contributed by atoms with van der Waals surface area (Å²) in [5.74, 6) is 1.74.